The van der Waals surface area contributed by atoms with Crippen LogP contribution in [0.15, 0.2) is 36.9 Å². The third kappa shape index (κ3) is 4.67. The van der Waals surface area contributed by atoms with Crippen molar-refractivity contribution < 1.29 is 22.4 Å². The molecule has 0 saturated carbocycles. The van der Waals surface area contributed by atoms with Crippen molar-refractivity contribution in [3.05, 3.63) is 65.0 Å². The SMILES string of the molecule is C=Cc1ccc(Nc2ccc(C)cc2CC(=O)N(C)C)c(F)c1C(F)(F)F. The highest BCUT2D eigenvalue weighted by Crippen LogP contribution is 2.38. The van der Waals surface area contributed by atoms with Gasteiger partial charge in [-0.15, -0.1) is 0 Å². The summed E-state index contributed by atoms with van der Waals surface area (Å²) in [5.41, 5.74) is -0.225. The molecule has 3 nitrogen and oxygen atoms in total. The second kappa shape index (κ2) is 7.82. The van der Waals surface area contributed by atoms with Gasteiger partial charge in [-0.2, -0.15) is 13.2 Å². The lowest BCUT2D eigenvalue weighted by Crippen LogP contribution is -2.24. The average Bonchev–Trinajstić information content (AvgIpc) is 2.57. The van der Waals surface area contributed by atoms with Gasteiger partial charge in [-0.25, -0.2) is 4.39 Å². The summed E-state index contributed by atoms with van der Waals surface area (Å²) in [4.78, 5) is 13.4. The van der Waals surface area contributed by atoms with Gasteiger partial charge in [0.05, 0.1) is 12.1 Å². The molecule has 144 valence electrons. The maximum atomic E-state index is 14.6. The zero-order valence-corrected chi connectivity index (χ0v) is 15.2. The highest BCUT2D eigenvalue weighted by Gasteiger charge is 2.37. The normalized spacial score (nSPS) is 11.2. The second-order valence-electron chi connectivity index (χ2n) is 6.34. The Balaban J connectivity index is 2.49. The Morgan fingerprint density at radius 3 is 2.37 bits per heavy atom. The van der Waals surface area contributed by atoms with E-state index in [1.807, 2.05) is 6.92 Å². The Labute approximate surface area is 155 Å². The van der Waals surface area contributed by atoms with Crippen LogP contribution in [0.2, 0.25) is 0 Å². The molecule has 2 rings (SSSR count). The molecule has 27 heavy (non-hydrogen) atoms. The molecule has 1 N–H and O–H groups in total. The van der Waals surface area contributed by atoms with Crippen LogP contribution in [-0.2, 0) is 17.4 Å². The second-order valence-corrected chi connectivity index (χ2v) is 6.34. The van der Waals surface area contributed by atoms with Gasteiger partial charge < -0.3 is 10.2 Å². The van der Waals surface area contributed by atoms with Gasteiger partial charge in [-0.1, -0.05) is 36.4 Å². The smallest absolute Gasteiger partial charge is 0.353 e. The van der Waals surface area contributed by atoms with Crippen LogP contribution in [0.1, 0.15) is 22.3 Å². The van der Waals surface area contributed by atoms with Gasteiger partial charge in [-0.3, -0.25) is 4.79 Å². The summed E-state index contributed by atoms with van der Waals surface area (Å²) >= 11 is 0. The molecule has 0 bridgehead atoms. The first-order valence-electron chi connectivity index (χ1n) is 8.13. The summed E-state index contributed by atoms with van der Waals surface area (Å²) in [6, 6.07) is 7.46. The third-order valence-electron chi connectivity index (χ3n) is 4.05. The van der Waals surface area contributed by atoms with E-state index in [0.29, 0.717) is 11.3 Å². The van der Waals surface area contributed by atoms with Gasteiger partial charge in [-0.05, 0) is 30.2 Å². The molecule has 0 radical (unpaired) electrons. The average molecular weight is 380 g/mol. The van der Waals surface area contributed by atoms with Crippen LogP contribution in [0.3, 0.4) is 0 Å². The summed E-state index contributed by atoms with van der Waals surface area (Å²) in [7, 11) is 3.21. The molecule has 0 unspecified atom stereocenters. The van der Waals surface area contributed by atoms with Gasteiger partial charge in [0, 0.05) is 19.8 Å². The van der Waals surface area contributed by atoms with Crippen molar-refractivity contribution in [3.63, 3.8) is 0 Å². The fraction of sp³-hybridized carbons (Fsp3) is 0.250. The number of likely N-dealkylation sites (N-methyl/N-ethyl adjacent to an activating group) is 1. The topological polar surface area (TPSA) is 32.3 Å². The number of carbonyl (C=O) groups excluding carboxylic acids is 1. The molecule has 0 aliphatic rings. The van der Waals surface area contributed by atoms with Crippen molar-refractivity contribution in [1.29, 1.82) is 0 Å². The molecular formula is C20H20F4N2O. The molecule has 0 fully saturated rings. The summed E-state index contributed by atoms with van der Waals surface area (Å²) in [6.45, 7) is 5.13. The minimum atomic E-state index is -4.86. The maximum Gasteiger partial charge on any atom is 0.419 e. The maximum absolute atomic E-state index is 14.6. The van der Waals surface area contributed by atoms with Gasteiger partial charge >= 0.3 is 6.18 Å². The number of anilines is 2. The standard InChI is InChI=1S/C20H20F4N2O/c1-5-13-7-9-16(19(21)18(13)20(22,23)24)25-15-8-6-12(2)10-14(15)11-17(27)26(3)4/h5-10,25H,1,11H2,2-4H3. The molecule has 0 aromatic heterocycles. The number of aryl methyl sites for hydroxylation is 1. The Morgan fingerprint density at radius 1 is 1.19 bits per heavy atom. The van der Waals surface area contributed by atoms with E-state index in [9.17, 15) is 22.4 Å². The molecule has 2 aromatic rings. The van der Waals surface area contributed by atoms with Crippen molar-refractivity contribution in [2.45, 2.75) is 19.5 Å². The minimum absolute atomic E-state index is 0.0372. The van der Waals surface area contributed by atoms with E-state index in [1.165, 1.54) is 11.0 Å². The summed E-state index contributed by atoms with van der Waals surface area (Å²) < 4.78 is 54.3. The Bertz CT molecular complexity index is 873. The first-order chi connectivity index (χ1) is 12.5. The molecule has 2 aromatic carbocycles. The summed E-state index contributed by atoms with van der Waals surface area (Å²) in [5, 5.41) is 2.70. The number of hydrogen-bond donors (Lipinski definition) is 1. The molecule has 7 heteroatoms. The first kappa shape index (κ1) is 20.5. The quantitative estimate of drug-likeness (QED) is 0.726. The molecule has 0 atom stereocenters. The van der Waals surface area contributed by atoms with E-state index in [-0.39, 0.29) is 23.6 Å². The largest absolute Gasteiger partial charge is 0.419 e. The summed E-state index contributed by atoms with van der Waals surface area (Å²) in [6.07, 6.45) is -3.86. The van der Waals surface area contributed by atoms with E-state index in [1.54, 1.807) is 32.3 Å². The highest BCUT2D eigenvalue weighted by molar-refractivity contribution is 5.81. The number of hydrogen-bond acceptors (Lipinski definition) is 2. The number of nitrogens with one attached hydrogen (secondary N) is 1. The number of carbonyl (C=O) groups is 1. The fourth-order valence-electron chi connectivity index (χ4n) is 2.60. The number of halogens is 4. The number of alkyl halides is 3. The number of rotatable bonds is 5. The molecule has 0 aliphatic heterocycles. The number of amides is 1. The van der Waals surface area contributed by atoms with Crippen molar-refractivity contribution >= 4 is 23.4 Å². The van der Waals surface area contributed by atoms with Crippen LogP contribution in [0, 0.1) is 12.7 Å². The number of benzene rings is 2. The van der Waals surface area contributed by atoms with Gasteiger partial charge in [0.15, 0.2) is 5.82 Å². The number of nitrogens with zero attached hydrogens (tertiary/aromatic N) is 1. The molecule has 0 aliphatic carbocycles. The highest BCUT2D eigenvalue weighted by atomic mass is 19.4. The van der Waals surface area contributed by atoms with Crippen molar-refractivity contribution in [3.8, 4) is 0 Å². The van der Waals surface area contributed by atoms with Crippen LogP contribution >= 0.6 is 0 Å². The lowest BCUT2D eigenvalue weighted by molar-refractivity contribution is -0.140. The zero-order valence-electron chi connectivity index (χ0n) is 15.2. The molecule has 0 heterocycles. The van der Waals surface area contributed by atoms with E-state index < -0.39 is 17.6 Å². The van der Waals surface area contributed by atoms with E-state index in [2.05, 4.69) is 11.9 Å². The van der Waals surface area contributed by atoms with Crippen LogP contribution < -0.4 is 5.32 Å². The van der Waals surface area contributed by atoms with E-state index >= 15 is 0 Å². The summed E-state index contributed by atoms with van der Waals surface area (Å²) in [5.74, 6) is -1.59. The molecular weight excluding hydrogens is 360 g/mol. The first-order valence-corrected chi connectivity index (χ1v) is 8.13. The van der Waals surface area contributed by atoms with Crippen LogP contribution in [0.25, 0.3) is 6.08 Å². The van der Waals surface area contributed by atoms with Crippen molar-refractivity contribution in [2.24, 2.45) is 0 Å². The fourth-order valence-corrected chi connectivity index (χ4v) is 2.60. The van der Waals surface area contributed by atoms with Crippen molar-refractivity contribution in [2.75, 3.05) is 19.4 Å². The molecule has 1 amide bonds. The zero-order chi connectivity index (χ0) is 20.4. The predicted octanol–water partition coefficient (Wildman–Crippen LogP) is 5.17. The van der Waals surface area contributed by atoms with E-state index in [0.717, 1.165) is 17.7 Å². The van der Waals surface area contributed by atoms with Gasteiger partial charge in [0.2, 0.25) is 5.91 Å². The Morgan fingerprint density at radius 2 is 1.81 bits per heavy atom. The van der Waals surface area contributed by atoms with Gasteiger partial charge in [0.25, 0.3) is 0 Å². The predicted molar refractivity (Wildman–Crippen MR) is 98.4 cm³/mol. The molecule has 0 saturated heterocycles. The van der Waals surface area contributed by atoms with Crippen molar-refractivity contribution in [1.82, 2.24) is 4.90 Å². The minimum Gasteiger partial charge on any atom is -0.353 e. The third-order valence-corrected chi connectivity index (χ3v) is 4.05. The van der Waals surface area contributed by atoms with Crippen LogP contribution in [0.5, 0.6) is 0 Å². The monoisotopic (exact) mass is 380 g/mol. The Kier molecular flexibility index (Phi) is 5.93. The Hall–Kier alpha value is -2.83. The lowest BCUT2D eigenvalue weighted by Gasteiger charge is -2.18. The van der Waals surface area contributed by atoms with Gasteiger partial charge in [0.1, 0.15) is 5.56 Å². The van der Waals surface area contributed by atoms with Crippen LogP contribution in [0.4, 0.5) is 28.9 Å². The van der Waals surface area contributed by atoms with E-state index in [4.69, 9.17) is 0 Å². The lowest BCUT2D eigenvalue weighted by atomic mass is 10.0. The van der Waals surface area contributed by atoms with Crippen LogP contribution in [-0.4, -0.2) is 24.9 Å². The molecule has 0 spiro atoms.